The normalized spacial score (nSPS) is 31.9. The first kappa shape index (κ1) is 11.9. The van der Waals surface area contributed by atoms with Gasteiger partial charge >= 0.3 is 0 Å². The minimum absolute atomic E-state index is 0.232. The Balaban J connectivity index is 2.48. The lowest BCUT2D eigenvalue weighted by atomic mass is 10.0. The topological polar surface area (TPSA) is 33.6 Å². The van der Waals surface area contributed by atoms with E-state index < -0.39 is 0 Å². The summed E-state index contributed by atoms with van der Waals surface area (Å²) >= 11 is 1.81. The highest BCUT2D eigenvalue weighted by Gasteiger charge is 2.30. The molecule has 1 aliphatic heterocycles. The Bertz CT molecular complexity index is 220. The zero-order valence-corrected chi connectivity index (χ0v) is 10.3. The molecule has 1 rings (SSSR count). The van der Waals surface area contributed by atoms with Gasteiger partial charge in [-0.3, -0.25) is 4.99 Å². The molecule has 0 aromatic rings. The minimum Gasteiger partial charge on any atom is -0.382 e. The van der Waals surface area contributed by atoms with Crippen molar-refractivity contribution in [1.29, 1.82) is 0 Å². The molecule has 1 fully saturated rings. The number of ether oxygens (including phenoxy) is 1. The van der Waals surface area contributed by atoms with Crippen molar-refractivity contribution in [2.24, 2.45) is 4.99 Å². The monoisotopic (exact) mass is 216 g/mol. The maximum Gasteiger partial charge on any atom is 0.157 e. The molecule has 0 saturated carbocycles. The molecule has 2 unspecified atom stereocenters. The smallest absolute Gasteiger partial charge is 0.157 e. The molecule has 0 bridgehead atoms. The molecule has 14 heavy (non-hydrogen) atoms. The van der Waals surface area contributed by atoms with Crippen molar-refractivity contribution < 1.29 is 4.74 Å². The van der Waals surface area contributed by atoms with Crippen molar-refractivity contribution in [2.75, 3.05) is 19.5 Å². The third kappa shape index (κ3) is 3.17. The second kappa shape index (κ2) is 5.03. The molecule has 1 aliphatic rings. The fraction of sp³-hybridized carbons (Fsp3) is 0.900. The molecule has 4 heteroatoms. The highest BCUT2D eigenvalue weighted by atomic mass is 32.2. The van der Waals surface area contributed by atoms with E-state index in [1.165, 1.54) is 0 Å². The summed E-state index contributed by atoms with van der Waals surface area (Å²) in [6, 6.07) is 0.245. The van der Waals surface area contributed by atoms with E-state index in [-0.39, 0.29) is 11.6 Å². The van der Waals surface area contributed by atoms with Crippen LogP contribution in [-0.2, 0) is 4.74 Å². The third-order valence-corrected chi connectivity index (χ3v) is 3.72. The number of amidine groups is 1. The van der Waals surface area contributed by atoms with Gasteiger partial charge in [0.25, 0.3) is 0 Å². The van der Waals surface area contributed by atoms with Crippen molar-refractivity contribution in [2.45, 2.75) is 38.8 Å². The van der Waals surface area contributed by atoms with Gasteiger partial charge < -0.3 is 10.1 Å². The Labute approximate surface area is 90.7 Å². The van der Waals surface area contributed by atoms with E-state index in [1.807, 2.05) is 11.8 Å². The average Bonchev–Trinajstić information content (AvgIpc) is 2.49. The fourth-order valence-electron chi connectivity index (χ4n) is 1.30. The van der Waals surface area contributed by atoms with Gasteiger partial charge in [-0.15, -0.1) is 0 Å². The SMILES string of the molecule is CCC1(C)CSC(=NC(C)COC)N1. The predicted octanol–water partition coefficient (Wildman–Crippen LogP) is 1.88. The summed E-state index contributed by atoms with van der Waals surface area (Å²) in [6.45, 7) is 7.20. The standard InChI is InChI=1S/C10H20N2OS/c1-5-10(3)7-14-9(12-10)11-8(2)6-13-4/h8H,5-7H2,1-4H3,(H,11,12). The van der Waals surface area contributed by atoms with Crippen LogP contribution in [0.5, 0.6) is 0 Å². The fourth-order valence-corrected chi connectivity index (χ4v) is 2.60. The lowest BCUT2D eigenvalue weighted by molar-refractivity contribution is 0.186. The van der Waals surface area contributed by atoms with Crippen LogP contribution in [0.4, 0.5) is 0 Å². The van der Waals surface area contributed by atoms with Crippen molar-refractivity contribution in [3.63, 3.8) is 0 Å². The third-order valence-electron chi connectivity index (χ3n) is 2.46. The first-order valence-corrected chi connectivity index (χ1v) is 6.06. The van der Waals surface area contributed by atoms with Gasteiger partial charge in [0.2, 0.25) is 0 Å². The summed E-state index contributed by atoms with van der Waals surface area (Å²) < 4.78 is 5.05. The molecule has 0 aromatic heterocycles. The van der Waals surface area contributed by atoms with Crippen LogP contribution >= 0.6 is 11.8 Å². The highest BCUT2D eigenvalue weighted by molar-refractivity contribution is 8.14. The Morgan fingerprint density at radius 1 is 1.71 bits per heavy atom. The van der Waals surface area contributed by atoms with Crippen LogP contribution < -0.4 is 5.32 Å². The van der Waals surface area contributed by atoms with Gasteiger partial charge in [0, 0.05) is 18.4 Å². The van der Waals surface area contributed by atoms with Crippen LogP contribution in [0, 0.1) is 0 Å². The van der Waals surface area contributed by atoms with E-state index in [4.69, 9.17) is 4.74 Å². The molecule has 1 heterocycles. The minimum atomic E-state index is 0.232. The molecule has 0 spiro atoms. The first-order valence-electron chi connectivity index (χ1n) is 5.07. The molecular formula is C10H20N2OS. The van der Waals surface area contributed by atoms with Gasteiger partial charge in [0.1, 0.15) is 0 Å². The van der Waals surface area contributed by atoms with Gasteiger partial charge in [-0.1, -0.05) is 18.7 Å². The zero-order chi connectivity index (χ0) is 10.6. The summed E-state index contributed by atoms with van der Waals surface area (Å²) in [5.74, 6) is 1.11. The van der Waals surface area contributed by atoms with E-state index >= 15 is 0 Å². The van der Waals surface area contributed by atoms with Gasteiger partial charge in [0.15, 0.2) is 5.17 Å². The summed E-state index contributed by atoms with van der Waals surface area (Å²) in [5, 5.41) is 4.53. The van der Waals surface area contributed by atoms with Crippen LogP contribution in [-0.4, -0.2) is 36.2 Å². The van der Waals surface area contributed by atoms with Crippen LogP contribution in [0.3, 0.4) is 0 Å². The largest absolute Gasteiger partial charge is 0.382 e. The first-order chi connectivity index (χ1) is 6.59. The number of methoxy groups -OCH3 is 1. The second-order valence-corrected chi connectivity index (χ2v) is 5.03. The highest BCUT2D eigenvalue weighted by Crippen LogP contribution is 2.25. The maximum absolute atomic E-state index is 5.05. The van der Waals surface area contributed by atoms with E-state index in [1.54, 1.807) is 7.11 Å². The number of rotatable bonds is 4. The molecular weight excluding hydrogens is 196 g/mol. The number of hydrogen-bond acceptors (Lipinski definition) is 3. The van der Waals surface area contributed by atoms with E-state index in [9.17, 15) is 0 Å². The van der Waals surface area contributed by atoms with Gasteiger partial charge in [-0.05, 0) is 20.3 Å². The summed E-state index contributed by atoms with van der Waals surface area (Å²) in [6.07, 6.45) is 1.14. The zero-order valence-electron chi connectivity index (χ0n) is 9.46. The number of aliphatic imine (C=N–C) groups is 1. The Kier molecular flexibility index (Phi) is 4.26. The van der Waals surface area contributed by atoms with Crippen LogP contribution in [0.1, 0.15) is 27.2 Å². The van der Waals surface area contributed by atoms with Crippen molar-refractivity contribution in [1.82, 2.24) is 5.32 Å². The number of thioether (sulfide) groups is 1. The van der Waals surface area contributed by atoms with Crippen molar-refractivity contribution in [3.05, 3.63) is 0 Å². The summed E-state index contributed by atoms with van der Waals surface area (Å²) in [7, 11) is 1.71. The van der Waals surface area contributed by atoms with Gasteiger partial charge in [0.05, 0.1) is 12.6 Å². The number of nitrogens with zero attached hydrogens (tertiary/aromatic N) is 1. The molecule has 3 nitrogen and oxygen atoms in total. The summed E-state index contributed by atoms with van der Waals surface area (Å²) in [4.78, 5) is 4.55. The van der Waals surface area contributed by atoms with Crippen LogP contribution in [0.15, 0.2) is 4.99 Å². The molecule has 1 N–H and O–H groups in total. The molecule has 82 valence electrons. The number of hydrogen-bond donors (Lipinski definition) is 1. The Morgan fingerprint density at radius 2 is 2.43 bits per heavy atom. The molecule has 0 aliphatic carbocycles. The molecule has 2 atom stereocenters. The predicted molar refractivity (Wildman–Crippen MR) is 63.1 cm³/mol. The second-order valence-electron chi connectivity index (χ2n) is 4.07. The molecule has 0 radical (unpaired) electrons. The van der Waals surface area contributed by atoms with E-state index in [0.29, 0.717) is 6.61 Å². The maximum atomic E-state index is 5.05. The van der Waals surface area contributed by atoms with E-state index in [2.05, 4.69) is 31.1 Å². The Hall–Kier alpha value is -0.220. The average molecular weight is 216 g/mol. The van der Waals surface area contributed by atoms with Crippen molar-refractivity contribution >= 4 is 16.9 Å². The van der Waals surface area contributed by atoms with E-state index in [0.717, 1.165) is 17.3 Å². The van der Waals surface area contributed by atoms with Crippen LogP contribution in [0.25, 0.3) is 0 Å². The van der Waals surface area contributed by atoms with Gasteiger partial charge in [-0.25, -0.2) is 0 Å². The lowest BCUT2D eigenvalue weighted by Gasteiger charge is -2.21. The molecule has 0 aromatic carbocycles. The van der Waals surface area contributed by atoms with Crippen molar-refractivity contribution in [3.8, 4) is 0 Å². The summed E-state index contributed by atoms with van der Waals surface area (Å²) in [5.41, 5.74) is 0.232. The molecule has 0 amide bonds. The quantitative estimate of drug-likeness (QED) is 0.779. The molecule has 1 saturated heterocycles. The van der Waals surface area contributed by atoms with Crippen LogP contribution in [0.2, 0.25) is 0 Å². The number of nitrogens with one attached hydrogen (secondary N) is 1. The van der Waals surface area contributed by atoms with Gasteiger partial charge in [-0.2, -0.15) is 0 Å². The Morgan fingerprint density at radius 3 is 2.93 bits per heavy atom. The lowest BCUT2D eigenvalue weighted by Crippen LogP contribution is -2.40.